The van der Waals surface area contributed by atoms with Crippen LogP contribution < -0.4 is 4.90 Å². The van der Waals surface area contributed by atoms with E-state index in [2.05, 4.69) is 21.8 Å². The van der Waals surface area contributed by atoms with Gasteiger partial charge in [-0.25, -0.2) is 0 Å². The van der Waals surface area contributed by atoms with E-state index in [9.17, 15) is 9.90 Å². The van der Waals surface area contributed by atoms with E-state index in [1.165, 1.54) is 23.2 Å². The van der Waals surface area contributed by atoms with E-state index in [0.29, 0.717) is 36.0 Å². The number of carbonyl (C=O) groups excluding carboxylic acids is 1. The van der Waals surface area contributed by atoms with Gasteiger partial charge >= 0.3 is 196 Å². The van der Waals surface area contributed by atoms with E-state index in [1.807, 2.05) is 17.0 Å². The van der Waals surface area contributed by atoms with Crippen molar-refractivity contribution in [2.24, 2.45) is 0 Å². The van der Waals surface area contributed by atoms with Gasteiger partial charge in [-0.1, -0.05) is 0 Å². The monoisotopic (exact) mass is 510 g/mol. The Labute approximate surface area is 195 Å². The third-order valence-corrected chi connectivity index (χ3v) is 7.76. The van der Waals surface area contributed by atoms with Crippen LogP contribution in [-0.4, -0.2) is 68.9 Å². The molecule has 4 atom stereocenters. The number of halogens is 2. The molecule has 30 heavy (non-hydrogen) atoms. The molecule has 1 aromatic carbocycles. The van der Waals surface area contributed by atoms with Gasteiger partial charge in [0.1, 0.15) is 0 Å². The van der Waals surface area contributed by atoms with Crippen LogP contribution in [0.15, 0.2) is 24.5 Å². The van der Waals surface area contributed by atoms with Gasteiger partial charge in [0.2, 0.25) is 0 Å². The number of benzene rings is 1. The Morgan fingerprint density at radius 2 is 1.97 bits per heavy atom. The molecule has 1 aliphatic carbocycles. The van der Waals surface area contributed by atoms with Crippen molar-refractivity contribution < 1.29 is 9.90 Å². The first kappa shape index (κ1) is 21.9. The van der Waals surface area contributed by atoms with Crippen LogP contribution >= 0.6 is 23.2 Å². The van der Waals surface area contributed by atoms with Gasteiger partial charge in [-0.3, -0.25) is 0 Å². The Kier molecular flexibility index (Phi) is 6.59. The van der Waals surface area contributed by atoms with Gasteiger partial charge in [0.15, 0.2) is 0 Å². The maximum atomic E-state index is 13.0. The summed E-state index contributed by atoms with van der Waals surface area (Å²) in [6, 6.07) is 5.55. The van der Waals surface area contributed by atoms with Crippen molar-refractivity contribution in [2.45, 2.75) is 36.5 Å². The molecule has 1 saturated heterocycles. The summed E-state index contributed by atoms with van der Waals surface area (Å²) in [5.41, 5.74) is 2.83. The van der Waals surface area contributed by atoms with Crippen molar-refractivity contribution >= 4 is 51.8 Å². The van der Waals surface area contributed by atoms with Gasteiger partial charge in [-0.05, 0) is 0 Å². The van der Waals surface area contributed by atoms with Crippen molar-refractivity contribution in [2.75, 3.05) is 31.1 Å². The summed E-state index contributed by atoms with van der Waals surface area (Å²) in [6.45, 7) is 4.89. The number of carbonyl (C=O) groups is 1. The molecule has 2 aromatic rings. The fraction of sp³-hybridized carbons (Fsp3) is 0.476. The second-order valence-electron chi connectivity index (χ2n) is 8.02. The predicted octanol–water partition coefficient (Wildman–Crippen LogP) is 2.64. The molecule has 2 aliphatic rings. The molecule has 1 aliphatic heterocycles. The molecule has 2 heterocycles. The Morgan fingerprint density at radius 1 is 1.23 bits per heavy atom. The fourth-order valence-electron chi connectivity index (χ4n) is 4.34. The second kappa shape index (κ2) is 9.04. The number of aromatic nitrogens is 2. The van der Waals surface area contributed by atoms with Crippen molar-refractivity contribution in [1.29, 1.82) is 0 Å². The molecule has 9 heteroatoms. The summed E-state index contributed by atoms with van der Waals surface area (Å²) < 4.78 is -0.0697. The first-order valence-corrected chi connectivity index (χ1v) is 12.3. The van der Waals surface area contributed by atoms with Crippen LogP contribution in [-0.2, 0) is 11.2 Å². The Balaban J connectivity index is 1.39. The third kappa shape index (κ3) is 4.33. The minimum absolute atomic E-state index is 0.0697. The molecular formula is C21H25AsCl2N4O2. The number of fused-ring (bicyclic) bond motifs is 1. The number of aliphatic hydroxyl groups is 1. The number of anilines is 1. The summed E-state index contributed by atoms with van der Waals surface area (Å²) in [5.74, 6) is 1.32. The molecule has 160 valence electrons. The Hall–Kier alpha value is -1.33. The third-order valence-electron chi connectivity index (χ3n) is 5.93. The van der Waals surface area contributed by atoms with E-state index in [0.717, 1.165) is 35.7 Å². The molecule has 0 radical (unpaired) electrons. The average Bonchev–Trinajstić information content (AvgIpc) is 3.04. The van der Waals surface area contributed by atoms with E-state index in [1.54, 1.807) is 6.07 Å². The molecule has 1 N–H and O–H groups in total. The van der Waals surface area contributed by atoms with Crippen LogP contribution in [0.3, 0.4) is 0 Å². The van der Waals surface area contributed by atoms with Gasteiger partial charge < -0.3 is 0 Å². The first-order chi connectivity index (χ1) is 14.3. The number of hydrogen-bond acceptors (Lipinski definition) is 5. The minimum atomic E-state index is -0.510. The SMILES string of the molecule is C[C@@H]1C[C@H](O)c2ncnc(N3CCN(C(=O)[C@H]([AsH2])Cc4ccc(Cl)c(Cl)c4)CC3)c21. The summed E-state index contributed by atoms with van der Waals surface area (Å²) in [7, 11) is 0. The summed E-state index contributed by atoms with van der Waals surface area (Å²) >= 11 is 13.5. The van der Waals surface area contributed by atoms with E-state index >= 15 is 0 Å². The van der Waals surface area contributed by atoms with Crippen LogP contribution in [0.1, 0.15) is 42.2 Å². The molecular weight excluding hydrogens is 486 g/mol. The Bertz CT molecular complexity index is 953. The van der Waals surface area contributed by atoms with Crippen LogP contribution in [0.4, 0.5) is 5.82 Å². The average molecular weight is 511 g/mol. The van der Waals surface area contributed by atoms with Gasteiger partial charge in [0.05, 0.1) is 0 Å². The van der Waals surface area contributed by atoms with Gasteiger partial charge in [-0.15, -0.1) is 0 Å². The Morgan fingerprint density at radius 3 is 2.67 bits per heavy atom. The van der Waals surface area contributed by atoms with Crippen molar-refractivity contribution in [3.8, 4) is 0 Å². The van der Waals surface area contributed by atoms with E-state index in [-0.39, 0.29) is 16.5 Å². The molecule has 4 rings (SSSR count). The van der Waals surface area contributed by atoms with Crippen LogP contribution in [0.2, 0.25) is 14.8 Å². The van der Waals surface area contributed by atoms with Crippen molar-refractivity contribution in [3.63, 3.8) is 0 Å². The molecule has 6 nitrogen and oxygen atoms in total. The van der Waals surface area contributed by atoms with Crippen LogP contribution in [0, 0.1) is 0 Å². The van der Waals surface area contributed by atoms with Crippen LogP contribution in [0.25, 0.3) is 0 Å². The number of piperazine rings is 1. The fourth-order valence-corrected chi connectivity index (χ4v) is 5.67. The van der Waals surface area contributed by atoms with Gasteiger partial charge in [0, 0.05) is 0 Å². The van der Waals surface area contributed by atoms with E-state index < -0.39 is 6.10 Å². The van der Waals surface area contributed by atoms with Crippen molar-refractivity contribution in [3.05, 3.63) is 51.4 Å². The molecule has 1 aromatic heterocycles. The second-order valence-corrected chi connectivity index (χ2v) is 10.5. The summed E-state index contributed by atoms with van der Waals surface area (Å²) in [6.07, 6.45) is 2.37. The maximum absolute atomic E-state index is 13.0. The number of rotatable bonds is 4. The van der Waals surface area contributed by atoms with Gasteiger partial charge in [0.25, 0.3) is 0 Å². The molecule has 0 saturated carbocycles. The first-order valence-electron chi connectivity index (χ1n) is 10.1. The normalized spacial score (nSPS) is 22.2. The topological polar surface area (TPSA) is 69.6 Å². The molecule has 1 fully saturated rings. The number of nitrogens with zero attached hydrogens (tertiary/aromatic N) is 4. The van der Waals surface area contributed by atoms with Crippen LogP contribution in [0.5, 0.6) is 0 Å². The zero-order valence-corrected chi connectivity index (χ0v) is 20.7. The number of aliphatic hydroxyl groups excluding tert-OH is 1. The molecule has 1 unspecified atom stereocenters. The standard InChI is InChI=1S/C21H25AsCl2N4O2/c1-12-8-17(29)19-18(12)20(26-11-25-19)27-4-6-28(7-5-27)21(30)14(22)9-13-2-3-15(23)16(24)10-13/h2-3,10-12,14,17,29H,4-9,22H2,1H3/t12-,14-,17+/m1/s1. The zero-order chi connectivity index (χ0) is 21.4. The molecule has 0 bridgehead atoms. The number of hydrogen-bond donors (Lipinski definition) is 1. The summed E-state index contributed by atoms with van der Waals surface area (Å²) in [4.78, 5) is 26.0. The zero-order valence-electron chi connectivity index (χ0n) is 16.8. The molecule has 1 amide bonds. The van der Waals surface area contributed by atoms with Gasteiger partial charge in [-0.2, -0.15) is 0 Å². The van der Waals surface area contributed by atoms with Crippen molar-refractivity contribution in [1.82, 2.24) is 14.9 Å². The quantitative estimate of drug-likeness (QED) is 0.640. The van der Waals surface area contributed by atoms with E-state index in [4.69, 9.17) is 23.2 Å². The summed E-state index contributed by atoms with van der Waals surface area (Å²) in [5, 5.41) is 11.3. The predicted molar refractivity (Wildman–Crippen MR) is 121 cm³/mol. The number of amides is 1. The molecule has 0 spiro atoms.